The van der Waals surface area contributed by atoms with Crippen LogP contribution in [0, 0.1) is 22.7 Å². The molecule has 58 heavy (non-hydrogen) atoms. The molecule has 12 heteroatoms. The maximum atomic E-state index is 9.81. The van der Waals surface area contributed by atoms with Crippen molar-refractivity contribution < 1.29 is 14.2 Å². The Morgan fingerprint density at radius 1 is 0.707 bits per heavy atom. The number of rotatable bonds is 19. The molecule has 0 fully saturated rings. The van der Waals surface area contributed by atoms with Crippen molar-refractivity contribution in [3.8, 4) is 45.9 Å². The Bertz CT molecular complexity index is 2310. The fourth-order valence-corrected chi connectivity index (χ4v) is 7.49. The summed E-state index contributed by atoms with van der Waals surface area (Å²) in [4.78, 5) is 16.6. The first-order valence-electron chi connectivity index (χ1n) is 20.4. The predicted octanol–water partition coefficient (Wildman–Crippen LogP) is 9.43. The number of aromatic amines is 1. The van der Waals surface area contributed by atoms with Crippen molar-refractivity contribution in [2.24, 2.45) is 0 Å². The first-order chi connectivity index (χ1) is 28.1. The van der Waals surface area contributed by atoms with Gasteiger partial charge in [0.15, 0.2) is 0 Å². The number of fused-ring (bicyclic) bond motifs is 2. The van der Waals surface area contributed by atoms with Gasteiger partial charge in [-0.05, 0) is 90.9 Å². The van der Waals surface area contributed by atoms with Gasteiger partial charge in [-0.15, -0.1) is 0 Å². The fourth-order valence-electron chi connectivity index (χ4n) is 6.74. The van der Waals surface area contributed by atoms with E-state index >= 15 is 0 Å². The highest BCUT2D eigenvalue weighted by atomic mass is 28.3. The topological polar surface area (TPSA) is 128 Å². The SMILES string of the molecule is CCN(CC)CCOc1cccc(-c2ccnc3[nH]cc(C#N)c23)c1.CCN(CC)CCOc1cccc(-c2ccnc3c2c(C#N)cn3COCC[Si](C)(C)C)c1. The van der Waals surface area contributed by atoms with Crippen molar-refractivity contribution in [1.29, 1.82) is 10.5 Å². The molecule has 304 valence electrons. The van der Waals surface area contributed by atoms with Crippen molar-refractivity contribution in [1.82, 2.24) is 29.3 Å². The van der Waals surface area contributed by atoms with Crippen LogP contribution in [0.15, 0.2) is 85.5 Å². The minimum Gasteiger partial charge on any atom is -0.492 e. The summed E-state index contributed by atoms with van der Waals surface area (Å²) in [5.41, 5.74) is 6.69. The van der Waals surface area contributed by atoms with Gasteiger partial charge in [0.25, 0.3) is 0 Å². The number of benzene rings is 2. The molecule has 0 saturated heterocycles. The highest BCUT2D eigenvalue weighted by Crippen LogP contribution is 2.34. The van der Waals surface area contributed by atoms with Gasteiger partial charge in [0.2, 0.25) is 0 Å². The van der Waals surface area contributed by atoms with Gasteiger partial charge >= 0.3 is 0 Å². The third-order valence-electron chi connectivity index (χ3n) is 10.2. The van der Waals surface area contributed by atoms with Crippen molar-refractivity contribution in [2.45, 2.75) is 60.1 Å². The Labute approximate surface area is 344 Å². The lowest BCUT2D eigenvalue weighted by Gasteiger charge is -2.18. The Kier molecular flexibility index (Phi) is 16.0. The highest BCUT2D eigenvalue weighted by Gasteiger charge is 2.17. The molecule has 6 aromatic rings. The van der Waals surface area contributed by atoms with E-state index in [1.165, 1.54) is 0 Å². The highest BCUT2D eigenvalue weighted by molar-refractivity contribution is 6.76. The van der Waals surface area contributed by atoms with Gasteiger partial charge in [0, 0.05) is 63.3 Å². The van der Waals surface area contributed by atoms with Crippen molar-refractivity contribution in [2.75, 3.05) is 59.1 Å². The summed E-state index contributed by atoms with van der Waals surface area (Å²) < 4.78 is 19.8. The normalized spacial score (nSPS) is 11.4. The minimum absolute atomic E-state index is 0.396. The summed E-state index contributed by atoms with van der Waals surface area (Å²) >= 11 is 0. The summed E-state index contributed by atoms with van der Waals surface area (Å²) in [6.45, 7) is 24.0. The number of hydrogen-bond donors (Lipinski definition) is 1. The molecule has 0 aliphatic rings. The molecule has 4 heterocycles. The zero-order valence-electron chi connectivity index (χ0n) is 35.2. The molecule has 0 bridgehead atoms. The standard InChI is InChI=1S/C26H36N4O2Si.C20H22N4O/c1-6-29(7-2)13-14-32-23-10-8-9-21(17-23)24-11-12-28-26-25(24)22(18-27)19-30(26)20-31-15-16-33(3,4)5;1-3-24(4-2)10-11-25-17-7-5-6-15(12-17)18-8-9-22-20-19(18)16(13-21)14-23-20/h8-12,17,19H,6-7,13-16,20H2,1-5H3;5-9,12,14H,3-4,10-11H2,1-2H3,(H,22,23). The molecule has 0 radical (unpaired) electrons. The minimum atomic E-state index is -1.15. The van der Waals surface area contributed by atoms with Gasteiger partial charge in [0.05, 0.1) is 11.1 Å². The van der Waals surface area contributed by atoms with Crippen LogP contribution in [0.2, 0.25) is 25.7 Å². The van der Waals surface area contributed by atoms with Crippen LogP contribution in [0.4, 0.5) is 0 Å². The summed E-state index contributed by atoms with van der Waals surface area (Å²) in [7, 11) is -1.15. The summed E-state index contributed by atoms with van der Waals surface area (Å²) in [5, 5.41) is 20.9. The quantitative estimate of drug-likeness (QED) is 0.0630. The van der Waals surface area contributed by atoms with E-state index in [1.54, 1.807) is 18.6 Å². The summed E-state index contributed by atoms with van der Waals surface area (Å²) in [6, 6.07) is 25.6. The second-order valence-corrected chi connectivity index (χ2v) is 20.9. The van der Waals surface area contributed by atoms with E-state index in [-0.39, 0.29) is 0 Å². The molecule has 0 amide bonds. The summed E-state index contributed by atoms with van der Waals surface area (Å²) in [5.74, 6) is 1.67. The van der Waals surface area contributed by atoms with E-state index < -0.39 is 8.07 Å². The third kappa shape index (κ3) is 11.5. The predicted molar refractivity (Wildman–Crippen MR) is 237 cm³/mol. The molecule has 0 spiro atoms. The molecule has 6 rings (SSSR count). The molecule has 0 saturated carbocycles. The van der Waals surface area contributed by atoms with Gasteiger partial charge < -0.3 is 33.6 Å². The maximum Gasteiger partial charge on any atom is 0.143 e. The van der Waals surface area contributed by atoms with Crippen LogP contribution < -0.4 is 9.47 Å². The Balaban J connectivity index is 0.000000229. The number of aromatic nitrogens is 4. The molecule has 1 N–H and O–H groups in total. The molecule has 0 aliphatic heterocycles. The lowest BCUT2D eigenvalue weighted by molar-refractivity contribution is 0.0898. The molecule has 2 aromatic carbocycles. The molecular formula is C46H58N8O3Si. The van der Waals surface area contributed by atoms with Gasteiger partial charge in [-0.25, -0.2) is 9.97 Å². The van der Waals surface area contributed by atoms with Crippen LogP contribution in [0.25, 0.3) is 44.3 Å². The summed E-state index contributed by atoms with van der Waals surface area (Å²) in [6.07, 6.45) is 7.10. The van der Waals surface area contributed by atoms with Gasteiger partial charge in [-0.1, -0.05) is 71.6 Å². The van der Waals surface area contributed by atoms with E-state index in [0.29, 0.717) is 31.1 Å². The molecule has 0 atom stereocenters. The average Bonchev–Trinajstić information content (AvgIpc) is 3.84. The van der Waals surface area contributed by atoms with E-state index in [2.05, 4.69) is 90.3 Å². The zero-order valence-corrected chi connectivity index (χ0v) is 36.2. The average molecular weight is 799 g/mol. The van der Waals surface area contributed by atoms with E-state index in [9.17, 15) is 10.5 Å². The van der Waals surface area contributed by atoms with E-state index in [0.717, 1.165) is 108 Å². The smallest absolute Gasteiger partial charge is 0.143 e. The second-order valence-electron chi connectivity index (χ2n) is 15.2. The number of likely N-dealkylation sites (N-methyl/N-ethyl adjacent to an activating group) is 2. The lowest BCUT2D eigenvalue weighted by atomic mass is 10.0. The van der Waals surface area contributed by atoms with Gasteiger partial charge in [0.1, 0.15) is 54.9 Å². The second kappa shape index (κ2) is 21.3. The van der Waals surface area contributed by atoms with Crippen LogP contribution in [0.3, 0.4) is 0 Å². The van der Waals surface area contributed by atoms with E-state index in [1.807, 2.05) is 65.4 Å². The Morgan fingerprint density at radius 3 is 1.79 bits per heavy atom. The lowest BCUT2D eigenvalue weighted by Crippen LogP contribution is -2.27. The zero-order chi connectivity index (χ0) is 41.5. The fraction of sp³-hybridized carbons (Fsp3) is 0.391. The Hall–Kier alpha value is -5.50. The van der Waals surface area contributed by atoms with E-state index in [4.69, 9.17) is 14.2 Å². The monoisotopic (exact) mass is 798 g/mol. The molecule has 4 aromatic heterocycles. The molecule has 11 nitrogen and oxygen atoms in total. The molecule has 0 aliphatic carbocycles. The van der Waals surface area contributed by atoms with Gasteiger partial charge in [-0.2, -0.15) is 10.5 Å². The molecule has 0 unspecified atom stereocenters. The van der Waals surface area contributed by atoms with Crippen molar-refractivity contribution in [3.05, 3.63) is 96.6 Å². The van der Waals surface area contributed by atoms with Crippen LogP contribution in [-0.4, -0.2) is 96.5 Å². The number of hydrogen-bond acceptors (Lipinski definition) is 9. The van der Waals surface area contributed by atoms with Crippen LogP contribution >= 0.6 is 0 Å². The first kappa shape index (κ1) is 43.6. The number of H-pyrrole nitrogens is 1. The number of pyridine rings is 2. The van der Waals surface area contributed by atoms with Crippen LogP contribution in [0.5, 0.6) is 11.5 Å². The first-order valence-corrected chi connectivity index (χ1v) is 24.1. The largest absolute Gasteiger partial charge is 0.492 e. The Morgan fingerprint density at radius 2 is 1.26 bits per heavy atom. The van der Waals surface area contributed by atoms with Crippen molar-refractivity contribution in [3.63, 3.8) is 0 Å². The number of ether oxygens (including phenoxy) is 3. The van der Waals surface area contributed by atoms with Crippen LogP contribution in [-0.2, 0) is 11.5 Å². The number of nitrogens with one attached hydrogen (secondary N) is 1. The molecular weight excluding hydrogens is 741 g/mol. The van der Waals surface area contributed by atoms with Crippen molar-refractivity contribution >= 4 is 30.1 Å². The third-order valence-corrected chi connectivity index (χ3v) is 11.9. The van der Waals surface area contributed by atoms with Crippen LogP contribution in [0.1, 0.15) is 38.8 Å². The number of nitrogens with zero attached hydrogens (tertiary/aromatic N) is 7. The maximum absolute atomic E-state index is 9.81. The number of nitriles is 2. The van der Waals surface area contributed by atoms with Gasteiger partial charge in [-0.3, -0.25) is 0 Å².